The predicted octanol–water partition coefficient (Wildman–Crippen LogP) is 3.46. The number of anilines is 2. The minimum Gasteiger partial charge on any atom is -0.316 e. The fraction of sp³-hybridized carbons (Fsp3) is 0.250. The molecule has 0 radical (unpaired) electrons. The molecular formula is C24H30N8O2S4. The zero-order valence-corrected chi connectivity index (χ0v) is 24.0. The van der Waals surface area contributed by atoms with Crippen LogP contribution in [0.1, 0.15) is 46.1 Å². The van der Waals surface area contributed by atoms with E-state index in [1.807, 2.05) is 60.7 Å². The molecule has 202 valence electrons. The van der Waals surface area contributed by atoms with Crippen LogP contribution in [0.5, 0.6) is 0 Å². The number of unbranched alkanes of at least 4 members (excludes halogenated alkanes) is 1. The van der Waals surface area contributed by atoms with Crippen LogP contribution in [0.15, 0.2) is 60.7 Å². The van der Waals surface area contributed by atoms with E-state index in [-0.39, 0.29) is 38.8 Å². The molecule has 2 amide bonds. The first-order valence-corrected chi connectivity index (χ1v) is 13.0. The third-order valence-corrected chi connectivity index (χ3v) is 7.10. The molecule has 38 heavy (non-hydrogen) atoms. The van der Waals surface area contributed by atoms with Crippen molar-refractivity contribution in [1.29, 1.82) is 0 Å². The lowest BCUT2D eigenvalue weighted by atomic mass is 10.1. The van der Waals surface area contributed by atoms with Gasteiger partial charge in [-0.1, -0.05) is 83.3 Å². The number of aromatic nitrogens is 4. The zero-order valence-electron chi connectivity index (χ0n) is 20.3. The number of benzene rings is 2. The van der Waals surface area contributed by atoms with Crippen LogP contribution in [0.4, 0.5) is 10.3 Å². The van der Waals surface area contributed by atoms with Crippen molar-refractivity contribution in [3.05, 3.63) is 81.8 Å². The van der Waals surface area contributed by atoms with Crippen LogP contribution in [0.25, 0.3) is 0 Å². The standard InChI is InChI=1S/C24H26N8O2S2.2H2S/c25-19(15-9-3-1-4-10-15)21(33)27-23-31-29-17(35-23)13-7-8-14-18-30-32-24(36-18)28-22(34)20(26)16-11-5-2-6-12-16;;/h1-6,9-12,19-20H,7-8,13-14,25-26H2,(H,27,31,33)(H,28,32,34);2*1H2/t19-,20-;;/m1../s1. The van der Waals surface area contributed by atoms with Gasteiger partial charge in [0.05, 0.1) is 0 Å². The Balaban J connectivity index is 0.00000253. The van der Waals surface area contributed by atoms with E-state index in [1.165, 1.54) is 22.7 Å². The molecule has 4 rings (SSSR count). The first-order chi connectivity index (χ1) is 17.5. The average molecular weight is 591 g/mol. The van der Waals surface area contributed by atoms with E-state index in [2.05, 4.69) is 31.0 Å². The van der Waals surface area contributed by atoms with Crippen LogP contribution in [0, 0.1) is 0 Å². The van der Waals surface area contributed by atoms with E-state index in [1.54, 1.807) is 0 Å². The number of nitrogens with one attached hydrogen (secondary N) is 2. The van der Waals surface area contributed by atoms with Gasteiger partial charge < -0.3 is 11.5 Å². The van der Waals surface area contributed by atoms with Crippen LogP contribution in [-0.2, 0) is 22.4 Å². The number of nitrogens with zero attached hydrogens (tertiary/aromatic N) is 4. The fourth-order valence-electron chi connectivity index (χ4n) is 3.35. The average Bonchev–Trinajstić information content (AvgIpc) is 3.55. The summed E-state index contributed by atoms with van der Waals surface area (Å²) in [6, 6.07) is 16.8. The van der Waals surface area contributed by atoms with Gasteiger partial charge in [-0.05, 0) is 24.0 Å². The van der Waals surface area contributed by atoms with E-state index in [9.17, 15) is 9.59 Å². The molecule has 0 aliphatic heterocycles. The maximum Gasteiger partial charge on any atom is 0.247 e. The minimum atomic E-state index is -0.769. The molecule has 0 unspecified atom stereocenters. The van der Waals surface area contributed by atoms with Crippen molar-refractivity contribution in [3.8, 4) is 0 Å². The van der Waals surface area contributed by atoms with Crippen LogP contribution in [-0.4, -0.2) is 32.2 Å². The Morgan fingerprint density at radius 1 is 0.658 bits per heavy atom. The number of carbonyl (C=O) groups excluding carboxylic acids is 2. The number of amides is 2. The Labute approximate surface area is 242 Å². The van der Waals surface area contributed by atoms with Gasteiger partial charge in [0.25, 0.3) is 0 Å². The molecule has 0 aliphatic rings. The van der Waals surface area contributed by atoms with E-state index >= 15 is 0 Å². The third-order valence-electron chi connectivity index (χ3n) is 5.31. The van der Waals surface area contributed by atoms with Crippen molar-refractivity contribution in [2.24, 2.45) is 11.5 Å². The number of rotatable bonds is 11. The Morgan fingerprint density at radius 3 is 1.39 bits per heavy atom. The van der Waals surface area contributed by atoms with Crippen LogP contribution < -0.4 is 22.1 Å². The molecule has 0 aliphatic carbocycles. The quantitative estimate of drug-likeness (QED) is 0.193. The van der Waals surface area contributed by atoms with E-state index in [0.29, 0.717) is 10.3 Å². The van der Waals surface area contributed by atoms with Crippen LogP contribution >= 0.6 is 49.7 Å². The molecule has 2 aromatic heterocycles. The van der Waals surface area contributed by atoms with Crippen LogP contribution in [0.2, 0.25) is 0 Å². The lowest BCUT2D eigenvalue weighted by molar-refractivity contribution is -0.118. The third kappa shape index (κ3) is 8.85. The van der Waals surface area contributed by atoms with Crippen molar-refractivity contribution in [2.75, 3.05) is 10.6 Å². The van der Waals surface area contributed by atoms with Gasteiger partial charge in [0.15, 0.2) is 0 Å². The van der Waals surface area contributed by atoms with Crippen molar-refractivity contribution in [2.45, 2.75) is 37.8 Å². The summed E-state index contributed by atoms with van der Waals surface area (Å²) in [7, 11) is 0. The summed E-state index contributed by atoms with van der Waals surface area (Å²) in [5, 5.41) is 24.4. The molecular weight excluding hydrogens is 561 g/mol. The van der Waals surface area contributed by atoms with Crippen LogP contribution in [0.3, 0.4) is 0 Å². The molecule has 0 bridgehead atoms. The van der Waals surface area contributed by atoms with Crippen molar-refractivity contribution >= 4 is 71.7 Å². The Kier molecular flexibility index (Phi) is 12.8. The number of hydrogen-bond acceptors (Lipinski definition) is 10. The molecule has 10 nitrogen and oxygen atoms in total. The molecule has 0 saturated carbocycles. The second kappa shape index (κ2) is 15.5. The minimum absolute atomic E-state index is 0. The molecule has 2 heterocycles. The summed E-state index contributed by atoms with van der Waals surface area (Å²) in [6.07, 6.45) is 3.19. The molecule has 2 aromatic carbocycles. The Hall–Kier alpha value is -2.88. The summed E-state index contributed by atoms with van der Waals surface area (Å²) in [4.78, 5) is 24.8. The number of aryl methyl sites for hydroxylation is 2. The number of carbonyl (C=O) groups is 2. The molecule has 0 fully saturated rings. The smallest absolute Gasteiger partial charge is 0.247 e. The first-order valence-electron chi connectivity index (χ1n) is 11.4. The van der Waals surface area contributed by atoms with Gasteiger partial charge in [-0.2, -0.15) is 27.0 Å². The predicted molar refractivity (Wildman–Crippen MR) is 161 cm³/mol. The number of nitrogens with two attached hydrogens (primary N) is 2. The molecule has 0 saturated heterocycles. The molecule has 0 spiro atoms. The SMILES string of the molecule is N[C@@H](C(=O)Nc1nnc(CCCCc2nnc(NC(=O)[C@H](N)c3ccccc3)s2)s1)c1ccccc1.S.S. The second-order valence-corrected chi connectivity index (χ2v) is 10.1. The van der Waals surface area contributed by atoms with Gasteiger partial charge in [0.2, 0.25) is 22.1 Å². The number of hydrogen-bond donors (Lipinski definition) is 4. The zero-order chi connectivity index (χ0) is 25.3. The largest absolute Gasteiger partial charge is 0.316 e. The van der Waals surface area contributed by atoms with Crippen molar-refractivity contribution in [1.82, 2.24) is 20.4 Å². The first kappa shape index (κ1) is 31.3. The Morgan fingerprint density at radius 2 is 1.03 bits per heavy atom. The Bertz CT molecular complexity index is 1190. The molecule has 6 N–H and O–H groups in total. The topological polar surface area (TPSA) is 162 Å². The maximum atomic E-state index is 12.4. The summed E-state index contributed by atoms with van der Waals surface area (Å²) in [5.41, 5.74) is 13.5. The van der Waals surface area contributed by atoms with Crippen molar-refractivity contribution in [3.63, 3.8) is 0 Å². The van der Waals surface area contributed by atoms with Crippen molar-refractivity contribution < 1.29 is 9.59 Å². The van der Waals surface area contributed by atoms with Gasteiger partial charge >= 0.3 is 0 Å². The molecule has 2 atom stereocenters. The van der Waals surface area contributed by atoms with Gasteiger partial charge in [-0.15, -0.1) is 20.4 Å². The lowest BCUT2D eigenvalue weighted by Gasteiger charge is -2.10. The van der Waals surface area contributed by atoms with Gasteiger partial charge in [0.1, 0.15) is 22.1 Å². The van der Waals surface area contributed by atoms with E-state index < -0.39 is 12.1 Å². The van der Waals surface area contributed by atoms with E-state index in [4.69, 9.17) is 11.5 Å². The molecule has 14 heteroatoms. The van der Waals surface area contributed by atoms with Gasteiger partial charge in [0, 0.05) is 12.8 Å². The summed E-state index contributed by atoms with van der Waals surface area (Å²) >= 11 is 2.67. The fourth-order valence-corrected chi connectivity index (χ4v) is 4.92. The lowest BCUT2D eigenvalue weighted by Crippen LogP contribution is -2.27. The second-order valence-electron chi connectivity index (χ2n) is 7.96. The van der Waals surface area contributed by atoms with Gasteiger partial charge in [-0.25, -0.2) is 0 Å². The monoisotopic (exact) mass is 590 g/mol. The van der Waals surface area contributed by atoms with E-state index in [0.717, 1.165) is 46.8 Å². The van der Waals surface area contributed by atoms with Gasteiger partial charge in [-0.3, -0.25) is 20.2 Å². The maximum absolute atomic E-state index is 12.4. The normalized spacial score (nSPS) is 11.9. The highest BCUT2D eigenvalue weighted by atomic mass is 32.1. The summed E-state index contributed by atoms with van der Waals surface area (Å²) in [6.45, 7) is 0. The highest BCUT2D eigenvalue weighted by molar-refractivity contribution is 7.59. The molecule has 4 aromatic rings. The highest BCUT2D eigenvalue weighted by Crippen LogP contribution is 2.22. The summed E-state index contributed by atoms with van der Waals surface area (Å²) < 4.78 is 0. The highest BCUT2D eigenvalue weighted by Gasteiger charge is 2.18. The summed E-state index contributed by atoms with van der Waals surface area (Å²) in [5.74, 6) is -0.652.